The van der Waals surface area contributed by atoms with Gasteiger partial charge in [0, 0.05) is 13.1 Å². The highest BCUT2D eigenvalue weighted by molar-refractivity contribution is 5.87. The fraction of sp³-hybridized carbons (Fsp3) is 0.467. The van der Waals surface area contributed by atoms with Crippen molar-refractivity contribution in [3.8, 4) is 0 Å². The van der Waals surface area contributed by atoms with Crippen LogP contribution in [0.2, 0.25) is 0 Å². The summed E-state index contributed by atoms with van der Waals surface area (Å²) >= 11 is 0. The molecule has 0 saturated carbocycles. The van der Waals surface area contributed by atoms with Gasteiger partial charge in [0.05, 0.1) is 24.8 Å². The number of nitrogens with zero attached hydrogens (tertiary/aromatic N) is 1. The van der Waals surface area contributed by atoms with Gasteiger partial charge in [-0.2, -0.15) is 0 Å². The molecule has 1 atom stereocenters. The maximum atomic E-state index is 11.6. The summed E-state index contributed by atoms with van der Waals surface area (Å²) in [5, 5.41) is 8.95. The van der Waals surface area contributed by atoms with Gasteiger partial charge in [0.1, 0.15) is 0 Å². The van der Waals surface area contributed by atoms with Crippen LogP contribution in [0.25, 0.3) is 0 Å². The molecule has 1 heterocycles. The number of rotatable bonds is 5. The number of benzene rings is 1. The van der Waals surface area contributed by atoms with Crippen LogP contribution in [-0.2, 0) is 16.1 Å². The molecule has 21 heavy (non-hydrogen) atoms. The molecule has 1 aliphatic rings. The van der Waals surface area contributed by atoms with E-state index in [1.54, 1.807) is 23.1 Å². The Labute approximate surface area is 123 Å². The molecule has 0 aliphatic carbocycles. The number of likely N-dealkylation sites (tertiary alicyclic amines) is 1. The summed E-state index contributed by atoms with van der Waals surface area (Å²) in [5.41, 5.74) is 6.44. The molecule has 1 unspecified atom stereocenters. The van der Waals surface area contributed by atoms with E-state index in [4.69, 9.17) is 15.6 Å². The molecule has 0 radical (unpaired) electrons. The number of carbonyl (C=O) groups excluding carboxylic acids is 1. The van der Waals surface area contributed by atoms with Crippen molar-refractivity contribution in [3.63, 3.8) is 0 Å². The molecule has 6 nitrogen and oxygen atoms in total. The van der Waals surface area contributed by atoms with Gasteiger partial charge in [0.25, 0.3) is 0 Å². The minimum Gasteiger partial charge on any atom is -0.478 e. The van der Waals surface area contributed by atoms with Crippen molar-refractivity contribution in [2.75, 3.05) is 19.6 Å². The number of carboxylic acids is 1. The van der Waals surface area contributed by atoms with Gasteiger partial charge in [-0.15, -0.1) is 0 Å². The van der Waals surface area contributed by atoms with Gasteiger partial charge in [-0.05, 0) is 30.5 Å². The molecule has 1 fully saturated rings. The van der Waals surface area contributed by atoms with E-state index >= 15 is 0 Å². The predicted molar refractivity (Wildman–Crippen MR) is 76.8 cm³/mol. The molecule has 1 aromatic rings. The Morgan fingerprint density at radius 2 is 2.24 bits per heavy atom. The second-order valence-corrected chi connectivity index (χ2v) is 5.12. The third-order valence-electron chi connectivity index (χ3n) is 3.57. The van der Waals surface area contributed by atoms with Crippen molar-refractivity contribution in [1.82, 2.24) is 4.90 Å². The number of aromatic carboxylic acids is 1. The second-order valence-electron chi connectivity index (χ2n) is 5.12. The number of amides is 1. The van der Waals surface area contributed by atoms with E-state index in [1.165, 1.54) is 0 Å². The predicted octanol–water partition coefficient (Wildman–Crippen LogP) is 0.851. The van der Waals surface area contributed by atoms with Crippen LogP contribution in [0.3, 0.4) is 0 Å². The third kappa shape index (κ3) is 4.27. The van der Waals surface area contributed by atoms with Crippen LogP contribution in [0.5, 0.6) is 0 Å². The zero-order valence-electron chi connectivity index (χ0n) is 11.8. The van der Waals surface area contributed by atoms with Crippen LogP contribution in [0.1, 0.15) is 28.8 Å². The summed E-state index contributed by atoms with van der Waals surface area (Å²) in [5.74, 6) is -1.01. The molecule has 1 aromatic carbocycles. The van der Waals surface area contributed by atoms with Crippen LogP contribution >= 0.6 is 0 Å². The molecule has 114 valence electrons. The second kappa shape index (κ2) is 7.19. The van der Waals surface area contributed by atoms with Gasteiger partial charge < -0.3 is 20.5 Å². The van der Waals surface area contributed by atoms with Crippen LogP contribution < -0.4 is 5.73 Å². The highest BCUT2D eigenvalue weighted by Gasteiger charge is 2.23. The normalized spacial score (nSPS) is 18.5. The van der Waals surface area contributed by atoms with Crippen molar-refractivity contribution in [3.05, 3.63) is 35.4 Å². The van der Waals surface area contributed by atoms with E-state index in [0.29, 0.717) is 13.2 Å². The van der Waals surface area contributed by atoms with E-state index in [0.717, 1.165) is 24.9 Å². The van der Waals surface area contributed by atoms with Crippen molar-refractivity contribution < 1.29 is 19.4 Å². The number of hydrogen-bond acceptors (Lipinski definition) is 4. The SMILES string of the molecule is NCC(=O)N1CCCC(OCc2cccc(C(=O)O)c2)C1. The summed E-state index contributed by atoms with van der Waals surface area (Å²) < 4.78 is 5.80. The minimum absolute atomic E-state index is 0.0212. The Bertz CT molecular complexity index is 518. The lowest BCUT2D eigenvalue weighted by Crippen LogP contribution is -2.45. The quantitative estimate of drug-likeness (QED) is 0.839. The molecule has 0 aromatic heterocycles. The van der Waals surface area contributed by atoms with Gasteiger partial charge in [-0.1, -0.05) is 12.1 Å². The Morgan fingerprint density at radius 3 is 2.95 bits per heavy atom. The Morgan fingerprint density at radius 1 is 1.43 bits per heavy atom. The van der Waals surface area contributed by atoms with Gasteiger partial charge in [0.15, 0.2) is 0 Å². The number of ether oxygens (including phenoxy) is 1. The fourth-order valence-electron chi connectivity index (χ4n) is 2.44. The van der Waals surface area contributed by atoms with Gasteiger partial charge >= 0.3 is 5.97 Å². The van der Waals surface area contributed by atoms with Crippen molar-refractivity contribution in [2.45, 2.75) is 25.6 Å². The Kier molecular flexibility index (Phi) is 5.30. The molecule has 0 spiro atoms. The van der Waals surface area contributed by atoms with Crippen LogP contribution in [0.4, 0.5) is 0 Å². The molecular weight excluding hydrogens is 272 g/mol. The highest BCUT2D eigenvalue weighted by Crippen LogP contribution is 2.16. The number of hydrogen-bond donors (Lipinski definition) is 2. The molecule has 2 rings (SSSR count). The van der Waals surface area contributed by atoms with Gasteiger partial charge in [-0.25, -0.2) is 4.79 Å². The lowest BCUT2D eigenvalue weighted by Gasteiger charge is -2.32. The maximum absolute atomic E-state index is 11.6. The lowest BCUT2D eigenvalue weighted by molar-refractivity contribution is -0.134. The number of carboxylic acid groups (broad SMARTS) is 1. The summed E-state index contributed by atoms with van der Waals surface area (Å²) in [4.78, 5) is 24.2. The Hall–Kier alpha value is -1.92. The van der Waals surface area contributed by atoms with Crippen LogP contribution in [-0.4, -0.2) is 47.6 Å². The molecule has 0 bridgehead atoms. The van der Waals surface area contributed by atoms with Gasteiger partial charge in [-0.3, -0.25) is 4.79 Å². The van der Waals surface area contributed by atoms with Crippen molar-refractivity contribution in [1.29, 1.82) is 0 Å². The van der Waals surface area contributed by atoms with E-state index in [9.17, 15) is 9.59 Å². The maximum Gasteiger partial charge on any atom is 0.335 e. The largest absolute Gasteiger partial charge is 0.478 e. The monoisotopic (exact) mass is 292 g/mol. The molecule has 1 amide bonds. The van der Waals surface area contributed by atoms with Crippen LogP contribution in [0, 0.1) is 0 Å². The minimum atomic E-state index is -0.950. The van der Waals surface area contributed by atoms with Crippen molar-refractivity contribution in [2.24, 2.45) is 5.73 Å². The van der Waals surface area contributed by atoms with E-state index < -0.39 is 5.97 Å². The standard InChI is InChI=1S/C15H20N2O4/c16-8-14(18)17-6-2-5-13(9-17)21-10-11-3-1-4-12(7-11)15(19)20/h1,3-4,7,13H,2,5-6,8-10,16H2,(H,19,20). The first-order chi connectivity index (χ1) is 10.1. The molecule has 3 N–H and O–H groups in total. The number of piperidine rings is 1. The average Bonchev–Trinajstić information content (AvgIpc) is 2.52. The lowest BCUT2D eigenvalue weighted by atomic mass is 10.1. The van der Waals surface area contributed by atoms with E-state index in [1.807, 2.05) is 6.07 Å². The number of carbonyl (C=O) groups is 2. The van der Waals surface area contributed by atoms with E-state index in [2.05, 4.69) is 0 Å². The zero-order chi connectivity index (χ0) is 15.2. The van der Waals surface area contributed by atoms with E-state index in [-0.39, 0.29) is 24.1 Å². The average molecular weight is 292 g/mol. The smallest absolute Gasteiger partial charge is 0.335 e. The molecular formula is C15H20N2O4. The zero-order valence-corrected chi connectivity index (χ0v) is 11.8. The third-order valence-corrected chi connectivity index (χ3v) is 3.57. The Balaban J connectivity index is 1.89. The summed E-state index contributed by atoms with van der Waals surface area (Å²) in [6.45, 7) is 1.64. The molecule has 1 saturated heterocycles. The first-order valence-corrected chi connectivity index (χ1v) is 7.02. The summed E-state index contributed by atoms with van der Waals surface area (Å²) in [6.07, 6.45) is 1.76. The first-order valence-electron chi connectivity index (χ1n) is 7.02. The first kappa shape index (κ1) is 15.5. The topological polar surface area (TPSA) is 92.9 Å². The van der Waals surface area contributed by atoms with Crippen molar-refractivity contribution >= 4 is 11.9 Å². The summed E-state index contributed by atoms with van der Waals surface area (Å²) in [7, 11) is 0. The molecule has 1 aliphatic heterocycles. The molecule has 6 heteroatoms. The highest BCUT2D eigenvalue weighted by atomic mass is 16.5. The summed E-state index contributed by atoms with van der Waals surface area (Å²) in [6, 6.07) is 6.69. The van der Waals surface area contributed by atoms with Crippen LogP contribution in [0.15, 0.2) is 24.3 Å². The fourth-order valence-corrected chi connectivity index (χ4v) is 2.44. The van der Waals surface area contributed by atoms with Gasteiger partial charge in [0.2, 0.25) is 5.91 Å². The number of nitrogens with two attached hydrogens (primary N) is 1.